The van der Waals surface area contributed by atoms with E-state index < -0.39 is 73.3 Å². The molecule has 1 aliphatic heterocycles. The molecule has 0 amide bonds. The fourth-order valence-electron chi connectivity index (χ4n) is 2.03. The third kappa shape index (κ3) is 8.48. The summed E-state index contributed by atoms with van der Waals surface area (Å²) in [6.07, 6.45) is -10.5. The number of aliphatic hydroxyl groups is 2. The Morgan fingerprint density at radius 2 is 1.38 bits per heavy atom. The topological polar surface area (TPSA) is 250 Å². The molecule has 0 bridgehead atoms. The van der Waals surface area contributed by atoms with Gasteiger partial charge in [-0.3, -0.25) is 13.6 Å². The van der Waals surface area contributed by atoms with Crippen molar-refractivity contribution in [1.82, 2.24) is 0 Å². The molecule has 15 nitrogen and oxygen atoms in total. The van der Waals surface area contributed by atoms with Crippen LogP contribution in [0.15, 0.2) is 0 Å². The van der Waals surface area contributed by atoms with Gasteiger partial charge >= 0.3 is 23.2 Å². The largest absolute Gasteiger partial charge is 0.470 e. The van der Waals surface area contributed by atoms with E-state index in [1.54, 1.807) is 0 Å². The first-order valence-electron chi connectivity index (χ1n) is 6.71. The minimum absolute atomic E-state index is 0.656. The Bertz CT molecular complexity index is 592. The highest BCUT2D eigenvalue weighted by molar-refractivity contribution is 7.51. The molecule has 0 radical (unpaired) electrons. The molecule has 0 aromatic rings. The van der Waals surface area contributed by atoms with E-state index in [4.69, 9.17) is 38.8 Å². The monoisotopic (exact) mass is 448 g/mol. The zero-order chi connectivity index (χ0) is 20.3. The van der Waals surface area contributed by atoms with Crippen molar-refractivity contribution in [3.8, 4) is 0 Å². The van der Waals surface area contributed by atoms with Crippen molar-refractivity contribution >= 4 is 23.2 Å². The highest BCUT2D eigenvalue weighted by Crippen LogP contribution is 2.46. The van der Waals surface area contributed by atoms with E-state index in [0.717, 1.165) is 0 Å². The lowest BCUT2D eigenvalue weighted by Gasteiger charge is -2.43. The Balaban J connectivity index is 3.02. The van der Waals surface area contributed by atoms with Crippen LogP contribution in [0.4, 0.5) is 0 Å². The predicted octanol–water partition coefficient (Wildman–Crippen LogP) is -2.79. The van der Waals surface area contributed by atoms with Crippen LogP contribution in [0, 0.1) is 0 Å². The molecule has 1 fully saturated rings. The molecular formula is C8H19O15P3. The van der Waals surface area contributed by atoms with Gasteiger partial charge in [-0.05, 0) is 0 Å². The lowest BCUT2D eigenvalue weighted by atomic mass is 9.99. The minimum Gasteiger partial charge on any atom is -0.394 e. The summed E-state index contributed by atoms with van der Waals surface area (Å²) in [4.78, 5) is 53.1. The highest BCUT2D eigenvalue weighted by Gasteiger charge is 2.51. The first-order valence-corrected chi connectivity index (χ1v) is 11.6. The highest BCUT2D eigenvalue weighted by atomic mass is 31.2. The molecule has 26 heavy (non-hydrogen) atoms. The maximum Gasteiger partial charge on any atom is 0.470 e. The molecule has 1 saturated heterocycles. The molecular weight excluding hydrogens is 429 g/mol. The van der Waals surface area contributed by atoms with Crippen molar-refractivity contribution in [3.63, 3.8) is 0 Å². The lowest BCUT2D eigenvalue weighted by Crippen LogP contribution is -2.60. The van der Waals surface area contributed by atoms with Crippen molar-refractivity contribution in [1.29, 1.82) is 0 Å². The van der Waals surface area contributed by atoms with Crippen molar-refractivity contribution in [2.75, 3.05) is 19.4 Å². The fraction of sp³-hybridized carbons (Fsp3) is 1.00. The van der Waals surface area contributed by atoms with Gasteiger partial charge < -0.3 is 49.0 Å². The molecule has 1 aliphatic rings. The molecule has 0 saturated carbocycles. The summed E-state index contributed by atoms with van der Waals surface area (Å²) < 4.78 is 51.3. The molecule has 5 atom stereocenters. The first-order chi connectivity index (χ1) is 11.6. The molecule has 0 aromatic carbocycles. The van der Waals surface area contributed by atoms with Gasteiger partial charge in [-0.15, -0.1) is 0 Å². The van der Waals surface area contributed by atoms with Gasteiger partial charge in [0.15, 0.2) is 6.29 Å². The van der Waals surface area contributed by atoms with Gasteiger partial charge in [-0.1, -0.05) is 0 Å². The first kappa shape index (κ1) is 24.2. The lowest BCUT2D eigenvalue weighted by molar-refractivity contribution is -0.294. The molecule has 8 N–H and O–H groups in total. The predicted molar refractivity (Wildman–Crippen MR) is 78.5 cm³/mol. The van der Waals surface area contributed by atoms with Gasteiger partial charge in [0.2, 0.25) is 0 Å². The van der Waals surface area contributed by atoms with E-state index in [0.29, 0.717) is 0 Å². The van der Waals surface area contributed by atoms with Crippen LogP contribution in [0.25, 0.3) is 0 Å². The molecule has 1 heterocycles. The van der Waals surface area contributed by atoms with Gasteiger partial charge in [-0.25, -0.2) is 9.13 Å². The molecule has 0 aromatic heterocycles. The second-order valence-electron chi connectivity index (χ2n) is 5.10. The van der Waals surface area contributed by atoms with Gasteiger partial charge in [-0.2, -0.15) is 0 Å². The van der Waals surface area contributed by atoms with Crippen molar-refractivity contribution in [2.24, 2.45) is 0 Å². The molecule has 156 valence electrons. The summed E-state index contributed by atoms with van der Waals surface area (Å²) in [6, 6.07) is 0. The summed E-state index contributed by atoms with van der Waals surface area (Å²) >= 11 is 0. The molecule has 0 unspecified atom stereocenters. The van der Waals surface area contributed by atoms with Crippen molar-refractivity contribution in [2.45, 2.75) is 30.7 Å². The fourth-order valence-corrected chi connectivity index (χ4v) is 3.51. The van der Waals surface area contributed by atoms with Gasteiger partial charge in [0.05, 0.1) is 19.4 Å². The van der Waals surface area contributed by atoms with Crippen LogP contribution < -0.4 is 0 Å². The van der Waals surface area contributed by atoms with Crippen LogP contribution in [-0.2, 0) is 32.2 Å². The van der Waals surface area contributed by atoms with Crippen LogP contribution in [0.5, 0.6) is 0 Å². The molecule has 1 rings (SSSR count). The van der Waals surface area contributed by atoms with Gasteiger partial charge in [0, 0.05) is 0 Å². The van der Waals surface area contributed by atoms with E-state index >= 15 is 0 Å². The van der Waals surface area contributed by atoms with E-state index in [-0.39, 0.29) is 0 Å². The van der Waals surface area contributed by atoms with Crippen LogP contribution in [0.1, 0.15) is 0 Å². The van der Waals surface area contributed by atoms with E-state index in [2.05, 4.69) is 9.05 Å². The Kier molecular flexibility index (Phi) is 8.52. The Morgan fingerprint density at radius 1 is 0.885 bits per heavy atom. The van der Waals surface area contributed by atoms with E-state index in [9.17, 15) is 23.9 Å². The summed E-state index contributed by atoms with van der Waals surface area (Å²) in [5, 5.41) is 19.3. The standard InChI is InChI=1S/C8H19O15P3/c9-3-4-6(22-25(14,15)16)7(23-26(17,18)19)5(10)8(21-4)20-1-2-24(11,12)13/h4-10H,1-3H2,(H2,11,12,13)(H2,14,15,16)(H2,17,18,19)/t4-,5-,6-,7-,8+/m1/s1. The summed E-state index contributed by atoms with van der Waals surface area (Å²) in [5.41, 5.74) is 0. The van der Waals surface area contributed by atoms with Gasteiger partial charge in [0.25, 0.3) is 0 Å². The molecule has 0 aliphatic carbocycles. The maximum atomic E-state index is 11.1. The number of rotatable bonds is 9. The SMILES string of the molecule is O=P(O)(O)CCO[C@H]1O[C@H](CO)[C@@H](OP(=O)(O)O)[C@H](OP(=O)(O)O)[C@H]1O. The van der Waals surface area contributed by atoms with Crippen molar-refractivity contribution in [3.05, 3.63) is 0 Å². The van der Waals surface area contributed by atoms with E-state index in [1.807, 2.05) is 0 Å². The molecule has 18 heteroatoms. The number of hydrogen-bond donors (Lipinski definition) is 8. The number of phosphoric acid groups is 2. The Hall–Kier alpha value is 0.210. The smallest absolute Gasteiger partial charge is 0.394 e. The second kappa shape index (κ2) is 9.14. The number of phosphoric ester groups is 2. The number of hydrogen-bond acceptors (Lipinski definition) is 9. The van der Waals surface area contributed by atoms with Crippen molar-refractivity contribution < 1.29 is 71.8 Å². The minimum atomic E-state index is -5.30. The summed E-state index contributed by atoms with van der Waals surface area (Å²) in [7, 11) is -15.0. The number of aliphatic hydroxyl groups excluding tert-OH is 2. The Labute approximate surface area is 146 Å². The Morgan fingerprint density at radius 3 is 1.81 bits per heavy atom. The van der Waals surface area contributed by atoms with E-state index in [1.165, 1.54) is 0 Å². The second-order valence-corrected chi connectivity index (χ2v) is 9.26. The zero-order valence-corrected chi connectivity index (χ0v) is 15.5. The third-order valence-electron chi connectivity index (χ3n) is 2.98. The average molecular weight is 448 g/mol. The van der Waals surface area contributed by atoms with Crippen LogP contribution >= 0.6 is 23.2 Å². The van der Waals surface area contributed by atoms with Crippen LogP contribution in [0.3, 0.4) is 0 Å². The van der Waals surface area contributed by atoms with Crippen LogP contribution in [0.2, 0.25) is 0 Å². The normalized spacial score (nSPS) is 31.2. The quantitative estimate of drug-likeness (QED) is 0.166. The summed E-state index contributed by atoms with van der Waals surface area (Å²) in [6.45, 7) is -1.65. The zero-order valence-electron chi connectivity index (χ0n) is 12.8. The maximum absolute atomic E-state index is 11.1. The van der Waals surface area contributed by atoms with Gasteiger partial charge in [0.1, 0.15) is 24.4 Å². The molecule has 0 spiro atoms. The third-order valence-corrected chi connectivity index (χ3v) is 4.78. The van der Waals surface area contributed by atoms with Crippen LogP contribution in [-0.4, -0.2) is 89.7 Å². The average Bonchev–Trinajstić information content (AvgIpc) is 2.41. The summed E-state index contributed by atoms with van der Waals surface area (Å²) in [5.74, 6) is 0. The number of ether oxygens (including phenoxy) is 2.